The van der Waals surface area contributed by atoms with Gasteiger partial charge in [-0.25, -0.2) is 0 Å². The maximum Gasteiger partial charge on any atom is 0.251 e. The molecule has 0 heterocycles. The number of primary amides is 1. The highest BCUT2D eigenvalue weighted by Gasteiger charge is 2.22. The van der Waals surface area contributed by atoms with Gasteiger partial charge in [0.1, 0.15) is 6.04 Å². The van der Waals surface area contributed by atoms with E-state index in [0.717, 1.165) is 0 Å². The van der Waals surface area contributed by atoms with Crippen LogP contribution in [0.2, 0.25) is 0 Å². The largest absolute Gasteiger partial charge is 0.368 e. The molecule has 0 saturated heterocycles. The molecule has 1 atom stereocenters. The van der Waals surface area contributed by atoms with Gasteiger partial charge in [0, 0.05) is 5.56 Å². The van der Waals surface area contributed by atoms with E-state index in [9.17, 15) is 14.4 Å². The molecule has 0 aliphatic rings. The van der Waals surface area contributed by atoms with Gasteiger partial charge in [-0.2, -0.15) is 0 Å². The van der Waals surface area contributed by atoms with Crippen molar-refractivity contribution in [3.8, 4) is 0 Å². The summed E-state index contributed by atoms with van der Waals surface area (Å²) in [6.07, 6.45) is 0.475. The van der Waals surface area contributed by atoms with Crippen LogP contribution in [0.5, 0.6) is 0 Å². The van der Waals surface area contributed by atoms with Crippen molar-refractivity contribution in [3.63, 3.8) is 0 Å². The molecule has 0 bridgehead atoms. The van der Waals surface area contributed by atoms with Crippen molar-refractivity contribution < 1.29 is 14.4 Å². The standard InChI is InChI=1S/C15H21N3O3/c1-10(2)8-12(15(21)17-9-13(16)19)18-14(20)11-6-4-3-5-7-11/h3-7,10,12H,8-9H2,1-2H3,(H2,16,19)(H,17,21)(H,18,20)/t12-/m0/s1. The summed E-state index contributed by atoms with van der Waals surface area (Å²) in [6.45, 7) is 3.65. The van der Waals surface area contributed by atoms with Crippen LogP contribution in [0.25, 0.3) is 0 Å². The summed E-state index contributed by atoms with van der Waals surface area (Å²) in [6, 6.07) is 7.95. The first kappa shape index (κ1) is 16.7. The second kappa shape index (κ2) is 8.04. The van der Waals surface area contributed by atoms with Gasteiger partial charge in [0.2, 0.25) is 11.8 Å². The Morgan fingerprint density at radius 3 is 2.29 bits per heavy atom. The van der Waals surface area contributed by atoms with Crippen LogP contribution in [0.3, 0.4) is 0 Å². The summed E-state index contributed by atoms with van der Waals surface area (Å²) >= 11 is 0. The maximum absolute atomic E-state index is 12.1. The van der Waals surface area contributed by atoms with Gasteiger partial charge in [0.25, 0.3) is 5.91 Å². The molecular formula is C15H21N3O3. The fraction of sp³-hybridized carbons (Fsp3) is 0.400. The predicted octanol–water partition coefficient (Wildman–Crippen LogP) is 0.433. The van der Waals surface area contributed by atoms with Crippen molar-refractivity contribution >= 4 is 17.7 Å². The molecule has 1 aromatic rings. The quantitative estimate of drug-likeness (QED) is 0.679. The summed E-state index contributed by atoms with van der Waals surface area (Å²) in [5.41, 5.74) is 5.47. The van der Waals surface area contributed by atoms with E-state index in [-0.39, 0.29) is 18.4 Å². The smallest absolute Gasteiger partial charge is 0.251 e. The SMILES string of the molecule is CC(C)C[C@H](NC(=O)c1ccccc1)C(=O)NCC(N)=O. The minimum Gasteiger partial charge on any atom is -0.368 e. The number of hydrogen-bond donors (Lipinski definition) is 3. The van der Waals surface area contributed by atoms with E-state index >= 15 is 0 Å². The van der Waals surface area contributed by atoms with Crippen molar-refractivity contribution in [2.24, 2.45) is 11.7 Å². The minimum absolute atomic E-state index is 0.213. The Labute approximate surface area is 124 Å². The first-order chi connectivity index (χ1) is 9.90. The first-order valence-electron chi connectivity index (χ1n) is 6.82. The third kappa shape index (κ3) is 6.07. The number of nitrogens with one attached hydrogen (secondary N) is 2. The molecule has 21 heavy (non-hydrogen) atoms. The molecule has 0 unspecified atom stereocenters. The second-order valence-electron chi connectivity index (χ2n) is 5.21. The molecular weight excluding hydrogens is 270 g/mol. The number of carbonyl (C=O) groups is 3. The third-order valence-corrected chi connectivity index (χ3v) is 2.80. The lowest BCUT2D eigenvalue weighted by atomic mass is 10.0. The molecule has 0 saturated carbocycles. The highest BCUT2D eigenvalue weighted by atomic mass is 16.2. The minimum atomic E-state index is -0.697. The molecule has 6 heteroatoms. The summed E-state index contributed by atoms with van der Waals surface area (Å²) in [4.78, 5) is 34.8. The zero-order valence-corrected chi connectivity index (χ0v) is 12.3. The zero-order valence-electron chi connectivity index (χ0n) is 12.3. The molecule has 3 amide bonds. The van der Waals surface area contributed by atoms with Crippen LogP contribution in [0.1, 0.15) is 30.6 Å². The van der Waals surface area contributed by atoms with Crippen molar-refractivity contribution in [1.82, 2.24) is 10.6 Å². The number of amides is 3. The van der Waals surface area contributed by atoms with Gasteiger partial charge in [-0.3, -0.25) is 14.4 Å². The lowest BCUT2D eigenvalue weighted by Gasteiger charge is -2.19. The third-order valence-electron chi connectivity index (χ3n) is 2.80. The molecule has 0 aliphatic heterocycles. The van der Waals surface area contributed by atoms with Crippen molar-refractivity contribution in [2.75, 3.05) is 6.54 Å². The van der Waals surface area contributed by atoms with E-state index < -0.39 is 17.9 Å². The lowest BCUT2D eigenvalue weighted by Crippen LogP contribution is -2.49. The van der Waals surface area contributed by atoms with Gasteiger partial charge in [-0.05, 0) is 24.5 Å². The fourth-order valence-electron chi connectivity index (χ4n) is 1.83. The molecule has 6 nitrogen and oxygen atoms in total. The number of nitrogens with two attached hydrogens (primary N) is 1. The molecule has 1 rings (SSSR count). The Balaban J connectivity index is 2.71. The summed E-state index contributed by atoms with van der Waals surface area (Å²) in [5.74, 6) is -1.14. The molecule has 0 aromatic heterocycles. The van der Waals surface area contributed by atoms with Gasteiger partial charge in [-0.1, -0.05) is 32.0 Å². The number of carbonyl (C=O) groups excluding carboxylic acids is 3. The van der Waals surface area contributed by atoms with Gasteiger partial charge in [0.05, 0.1) is 6.54 Å². The monoisotopic (exact) mass is 291 g/mol. The zero-order chi connectivity index (χ0) is 15.8. The van der Waals surface area contributed by atoms with Crippen molar-refractivity contribution in [2.45, 2.75) is 26.3 Å². The molecule has 0 spiro atoms. The van der Waals surface area contributed by atoms with Crippen molar-refractivity contribution in [3.05, 3.63) is 35.9 Å². The average Bonchev–Trinajstić information content (AvgIpc) is 2.44. The van der Waals surface area contributed by atoms with Crippen LogP contribution in [-0.2, 0) is 9.59 Å². The Hall–Kier alpha value is -2.37. The predicted molar refractivity (Wildman–Crippen MR) is 79.4 cm³/mol. The Kier molecular flexibility index (Phi) is 6.39. The number of rotatable bonds is 7. The van der Waals surface area contributed by atoms with Gasteiger partial charge < -0.3 is 16.4 Å². The molecule has 1 aromatic carbocycles. The molecule has 0 fully saturated rings. The summed E-state index contributed by atoms with van der Waals surface area (Å²) in [5, 5.41) is 5.10. The first-order valence-corrected chi connectivity index (χ1v) is 6.82. The fourth-order valence-corrected chi connectivity index (χ4v) is 1.83. The normalized spacial score (nSPS) is 11.8. The Morgan fingerprint density at radius 1 is 1.14 bits per heavy atom. The summed E-state index contributed by atoms with van der Waals surface area (Å²) in [7, 11) is 0. The van der Waals surface area contributed by atoms with E-state index in [2.05, 4.69) is 10.6 Å². The van der Waals surface area contributed by atoms with Crippen molar-refractivity contribution in [1.29, 1.82) is 0 Å². The van der Waals surface area contributed by atoms with Crippen LogP contribution in [0.15, 0.2) is 30.3 Å². The topological polar surface area (TPSA) is 101 Å². The van der Waals surface area contributed by atoms with Crippen LogP contribution >= 0.6 is 0 Å². The number of hydrogen-bond acceptors (Lipinski definition) is 3. The Bertz CT molecular complexity index is 500. The molecule has 4 N–H and O–H groups in total. The van der Waals surface area contributed by atoms with Gasteiger partial charge in [-0.15, -0.1) is 0 Å². The van der Waals surface area contributed by atoms with E-state index in [0.29, 0.717) is 12.0 Å². The number of benzene rings is 1. The lowest BCUT2D eigenvalue weighted by molar-refractivity contribution is -0.126. The summed E-state index contributed by atoms with van der Waals surface area (Å²) < 4.78 is 0. The van der Waals surface area contributed by atoms with E-state index in [1.807, 2.05) is 19.9 Å². The van der Waals surface area contributed by atoms with Crippen LogP contribution in [0, 0.1) is 5.92 Å². The molecule has 0 radical (unpaired) electrons. The van der Waals surface area contributed by atoms with E-state index in [1.165, 1.54) is 0 Å². The maximum atomic E-state index is 12.1. The van der Waals surface area contributed by atoms with E-state index in [1.54, 1.807) is 24.3 Å². The van der Waals surface area contributed by atoms with Crippen LogP contribution in [0.4, 0.5) is 0 Å². The Morgan fingerprint density at radius 2 is 1.76 bits per heavy atom. The second-order valence-corrected chi connectivity index (χ2v) is 5.21. The molecule has 114 valence electrons. The van der Waals surface area contributed by atoms with Gasteiger partial charge >= 0.3 is 0 Å². The van der Waals surface area contributed by atoms with Crippen LogP contribution < -0.4 is 16.4 Å². The highest BCUT2D eigenvalue weighted by Crippen LogP contribution is 2.07. The van der Waals surface area contributed by atoms with Crippen LogP contribution in [-0.4, -0.2) is 30.3 Å². The average molecular weight is 291 g/mol. The van der Waals surface area contributed by atoms with E-state index in [4.69, 9.17) is 5.73 Å². The van der Waals surface area contributed by atoms with Gasteiger partial charge in [0.15, 0.2) is 0 Å². The highest BCUT2D eigenvalue weighted by molar-refractivity contribution is 5.97. The molecule has 0 aliphatic carbocycles.